The van der Waals surface area contributed by atoms with Crippen molar-refractivity contribution in [1.82, 2.24) is 25.9 Å². The van der Waals surface area contributed by atoms with E-state index in [4.69, 9.17) is 15.7 Å². The average Bonchev–Trinajstić information content (AvgIpc) is 3.24. The largest absolute Gasteiger partial charge is 0.480 e. The van der Waals surface area contributed by atoms with Gasteiger partial charge >= 0.3 is 5.97 Å². The van der Waals surface area contributed by atoms with Crippen molar-refractivity contribution >= 4 is 49.1 Å². The minimum Gasteiger partial charge on any atom is -0.480 e. The topological polar surface area (TPSA) is 183 Å². The molecule has 0 aromatic heterocycles. The molecule has 1 saturated heterocycles. The van der Waals surface area contributed by atoms with Gasteiger partial charge in [-0.2, -0.15) is 0 Å². The van der Waals surface area contributed by atoms with E-state index >= 15 is 0 Å². The predicted molar refractivity (Wildman–Crippen MR) is 182 cm³/mol. The summed E-state index contributed by atoms with van der Waals surface area (Å²) in [6, 6.07) is -1.000. The predicted octanol–water partition coefficient (Wildman–Crippen LogP) is -0.375. The number of quaternary nitrogens is 1. The van der Waals surface area contributed by atoms with Crippen molar-refractivity contribution in [3.05, 3.63) is 0 Å². The van der Waals surface area contributed by atoms with Gasteiger partial charge in [-0.3, -0.25) is 39.6 Å². The number of hydrogen-bond acceptors (Lipinski definition) is 10. The third-order valence-electron chi connectivity index (χ3n) is 8.75. The normalized spacial score (nSPS) is 19.0. The fraction of sp³-hybridized carbons (Fsp3) is 0.844. The van der Waals surface area contributed by atoms with E-state index in [1.165, 1.54) is 0 Å². The molecule has 1 fully saturated rings. The molecule has 269 valence electrons. The number of likely N-dealkylation sites (tertiary alicyclic amines) is 1. The number of hydrazine groups is 1. The first-order valence-corrected chi connectivity index (χ1v) is 16.4. The second-order valence-corrected chi connectivity index (χ2v) is 14.7. The van der Waals surface area contributed by atoms with Crippen LogP contribution < -0.4 is 21.9 Å². The Kier molecular flexibility index (Phi) is 20.4. The number of carboxylic acids is 1. The van der Waals surface area contributed by atoms with Crippen LogP contribution in [0.3, 0.4) is 0 Å². The fourth-order valence-electron chi connectivity index (χ4n) is 5.38. The number of likely N-dealkylation sites (N-methyl/N-ethyl adjacent to an activating group) is 3. The van der Waals surface area contributed by atoms with E-state index < -0.39 is 12.0 Å². The molecular weight excluding hydrogens is 664 g/mol. The van der Waals surface area contributed by atoms with Crippen molar-refractivity contribution < 1.29 is 38.3 Å². The van der Waals surface area contributed by atoms with Crippen LogP contribution in [0, 0.1) is 10.8 Å². The van der Waals surface area contributed by atoms with E-state index in [0.717, 1.165) is 6.54 Å². The van der Waals surface area contributed by atoms with E-state index in [9.17, 15) is 24.0 Å². The third kappa shape index (κ3) is 17.9. The van der Waals surface area contributed by atoms with Gasteiger partial charge in [-0.15, -0.1) is 0 Å². The van der Waals surface area contributed by atoms with Gasteiger partial charge in [0.15, 0.2) is 11.6 Å². The fourth-order valence-corrected chi connectivity index (χ4v) is 5.38. The van der Waals surface area contributed by atoms with Crippen molar-refractivity contribution in [3.8, 4) is 0 Å². The number of carbonyl (C=O) groups is 5. The molecule has 2 amide bonds. The van der Waals surface area contributed by atoms with E-state index in [1.54, 1.807) is 0 Å². The van der Waals surface area contributed by atoms with E-state index in [0.29, 0.717) is 76.4 Å². The van der Waals surface area contributed by atoms with E-state index in [-0.39, 0.29) is 79.4 Å². The monoisotopic (exact) mass is 725 g/mol. The molecule has 2 unspecified atom stereocenters. The Labute approximate surface area is 294 Å². The van der Waals surface area contributed by atoms with Crippen molar-refractivity contribution in [1.29, 1.82) is 0 Å². The maximum Gasteiger partial charge on any atom is 0.322 e. The van der Waals surface area contributed by atoms with Gasteiger partial charge < -0.3 is 25.0 Å². The Morgan fingerprint density at radius 1 is 1.02 bits per heavy atom. The number of Topliss-reactive ketones (excluding diaryl/α,β-unsaturated/α-hetero) is 2. The molecule has 0 aromatic carbocycles. The van der Waals surface area contributed by atoms with Crippen molar-refractivity contribution in [2.45, 2.75) is 79.3 Å². The molecule has 1 aliphatic heterocycles. The summed E-state index contributed by atoms with van der Waals surface area (Å²) < 4.78 is 6.51. The number of amides is 2. The Balaban J connectivity index is 0.0000212. The van der Waals surface area contributed by atoms with Crippen molar-refractivity contribution in [2.75, 3.05) is 86.2 Å². The summed E-state index contributed by atoms with van der Waals surface area (Å²) in [5.41, 5.74) is 1.50. The van der Waals surface area contributed by atoms with Crippen LogP contribution in [0.5, 0.6) is 0 Å². The van der Waals surface area contributed by atoms with Gasteiger partial charge in [0.2, 0.25) is 11.8 Å². The van der Waals surface area contributed by atoms with Gasteiger partial charge in [0.1, 0.15) is 18.6 Å². The van der Waals surface area contributed by atoms with Crippen LogP contribution >= 0.6 is 0 Å². The maximum absolute atomic E-state index is 12.9. The number of nitrogens with zero attached hydrogens (tertiary/aromatic N) is 3. The number of hydrogen-bond donors (Lipinski definition) is 5. The number of aliphatic carboxylic acids is 1. The molecule has 14 nitrogen and oxygen atoms in total. The zero-order valence-corrected chi connectivity index (χ0v) is 32.6. The minimum absolute atomic E-state index is 0. The van der Waals surface area contributed by atoms with Gasteiger partial charge in [-0.25, -0.2) is 5.43 Å². The Morgan fingerprint density at radius 3 is 2.11 bits per heavy atom. The smallest absolute Gasteiger partial charge is 0.322 e. The van der Waals surface area contributed by atoms with Crippen LogP contribution in [0.1, 0.15) is 67.2 Å². The number of ketones is 2. The minimum atomic E-state index is -1.10. The quantitative estimate of drug-likeness (QED) is 0.0379. The summed E-state index contributed by atoms with van der Waals surface area (Å²) >= 11 is 0. The summed E-state index contributed by atoms with van der Waals surface area (Å²) in [5, 5.41) is 14.9. The molecule has 3 atom stereocenters. The molecule has 47 heavy (non-hydrogen) atoms. The Hall–Kier alpha value is -1.85. The second-order valence-electron chi connectivity index (χ2n) is 14.7. The summed E-state index contributed by atoms with van der Waals surface area (Å²) in [7, 11) is 3.97. The number of carboxylic acid groups (broad SMARTS) is 1. The van der Waals surface area contributed by atoms with Crippen molar-refractivity contribution in [3.63, 3.8) is 0 Å². The zero-order valence-electron chi connectivity index (χ0n) is 30.2. The standard InChI is InChI=1S/C32H61N7O7.Ga/c1-9-37(7)17-25(40)15-24-16-26(41)19-39(24,8)14-13-38(10-2)18-29(43)35-21-32(5,6)23-46-22-31(3,4)20-34-28(42)12-11-27(36-33)30(44)45;/h24,27,36H,9-23,33H2,1-8H3,(H2-,34,35,42,43,44,45);/p+1/t24-,27?,39?;/m0./s1. The zero-order chi connectivity index (χ0) is 35.1. The van der Waals surface area contributed by atoms with Crippen LogP contribution in [0.2, 0.25) is 0 Å². The summed E-state index contributed by atoms with van der Waals surface area (Å²) in [6.07, 6.45) is 0.946. The number of rotatable bonds is 24. The number of ether oxygens (including phenoxy) is 1. The Bertz CT molecular complexity index is 1030. The molecule has 1 rings (SSSR count). The van der Waals surface area contributed by atoms with Crippen LogP contribution in [0.15, 0.2) is 0 Å². The molecule has 15 heteroatoms. The average molecular weight is 727 g/mol. The first kappa shape index (κ1) is 45.1. The van der Waals surface area contributed by atoms with E-state index in [2.05, 4.69) is 28.0 Å². The summed E-state index contributed by atoms with van der Waals surface area (Å²) in [4.78, 5) is 65.1. The maximum atomic E-state index is 12.9. The summed E-state index contributed by atoms with van der Waals surface area (Å²) in [6.45, 7) is 17.5. The molecule has 1 aliphatic rings. The van der Waals surface area contributed by atoms with Crippen LogP contribution in [0.4, 0.5) is 0 Å². The molecule has 0 aliphatic carbocycles. The van der Waals surface area contributed by atoms with Crippen LogP contribution in [-0.2, 0) is 28.7 Å². The molecule has 0 spiro atoms. The van der Waals surface area contributed by atoms with Crippen LogP contribution in [0.25, 0.3) is 0 Å². The molecular formula is C32H62GaN7O7+. The molecule has 1 heterocycles. The first-order chi connectivity index (χ1) is 21.3. The Morgan fingerprint density at radius 2 is 1.60 bits per heavy atom. The number of carbonyl (C=O) groups excluding carboxylic acids is 4. The first-order valence-electron chi connectivity index (χ1n) is 16.4. The van der Waals surface area contributed by atoms with Gasteiger partial charge in [-0.05, 0) is 26.6 Å². The summed E-state index contributed by atoms with van der Waals surface area (Å²) in [5.74, 6) is 4.11. The molecule has 0 saturated carbocycles. The second kappa shape index (κ2) is 21.3. The molecule has 3 radical (unpaired) electrons. The molecule has 6 N–H and O–H groups in total. The van der Waals surface area contributed by atoms with Crippen molar-refractivity contribution in [2.24, 2.45) is 16.7 Å². The van der Waals surface area contributed by atoms with Crippen LogP contribution in [-0.4, -0.2) is 167 Å². The molecule has 0 aromatic rings. The van der Waals surface area contributed by atoms with Gasteiger partial charge in [0, 0.05) is 56.7 Å². The van der Waals surface area contributed by atoms with E-state index in [1.807, 2.05) is 53.5 Å². The third-order valence-corrected chi connectivity index (χ3v) is 8.75. The number of nitrogens with two attached hydrogens (primary N) is 1. The van der Waals surface area contributed by atoms with Gasteiger partial charge in [0.25, 0.3) is 0 Å². The van der Waals surface area contributed by atoms with Gasteiger partial charge in [0.05, 0.1) is 52.7 Å². The van der Waals surface area contributed by atoms with Gasteiger partial charge in [-0.1, -0.05) is 41.5 Å². The molecule has 0 bridgehead atoms. The SMILES string of the molecule is CCN(C)CC(=O)C[C@H]1CC(=O)C[N+]1(C)CCN(CC)CC(=O)NCC(C)(C)COCC(C)(C)CNC(=O)CCC(NN)C(=O)O.[Ga]. The number of nitrogens with one attached hydrogen (secondary N) is 3.